The summed E-state index contributed by atoms with van der Waals surface area (Å²) in [5.74, 6) is -0.329. The molecule has 2 aliphatic rings. The summed E-state index contributed by atoms with van der Waals surface area (Å²) < 4.78 is 0. The van der Waals surface area contributed by atoms with Gasteiger partial charge in [-0.25, -0.2) is 4.79 Å². The van der Waals surface area contributed by atoms with Gasteiger partial charge in [-0.2, -0.15) is 0 Å². The molecule has 4 N–H and O–H groups in total. The highest BCUT2D eigenvalue weighted by Gasteiger charge is 2.56. The van der Waals surface area contributed by atoms with E-state index in [1.807, 2.05) is 0 Å². The average Bonchev–Trinajstić information content (AvgIpc) is 2.59. The highest BCUT2D eigenvalue weighted by molar-refractivity contribution is 6.09. The van der Waals surface area contributed by atoms with Gasteiger partial charge in [0.25, 0.3) is 5.91 Å². The van der Waals surface area contributed by atoms with Crippen molar-refractivity contribution in [2.45, 2.75) is 65.0 Å². The molecule has 1 aliphatic carbocycles. The fourth-order valence-electron chi connectivity index (χ4n) is 4.26. The number of carbonyl (C=O) groups is 3. The van der Waals surface area contributed by atoms with Gasteiger partial charge in [0.05, 0.1) is 0 Å². The highest BCUT2D eigenvalue weighted by atomic mass is 16.2. The zero-order chi connectivity index (χ0) is 18.3. The number of hydrogen-bond acceptors (Lipinski definition) is 4. The van der Waals surface area contributed by atoms with E-state index in [1.54, 1.807) is 13.8 Å². The summed E-state index contributed by atoms with van der Waals surface area (Å²) in [7, 11) is 0. The van der Waals surface area contributed by atoms with Crippen molar-refractivity contribution in [3.63, 3.8) is 0 Å². The minimum absolute atomic E-state index is 0.0274. The van der Waals surface area contributed by atoms with Gasteiger partial charge in [-0.3, -0.25) is 14.5 Å². The van der Waals surface area contributed by atoms with Crippen molar-refractivity contribution in [2.75, 3.05) is 13.1 Å². The number of hydrogen-bond donors (Lipinski definition) is 3. The Labute approximate surface area is 143 Å². The van der Waals surface area contributed by atoms with Crippen LogP contribution in [0.3, 0.4) is 0 Å². The van der Waals surface area contributed by atoms with Crippen molar-refractivity contribution in [1.82, 2.24) is 15.5 Å². The summed E-state index contributed by atoms with van der Waals surface area (Å²) in [6.07, 6.45) is 2.23. The minimum Gasteiger partial charge on any atom is -0.348 e. The molecule has 136 valence electrons. The Morgan fingerprint density at radius 2 is 2.00 bits per heavy atom. The Balaban J connectivity index is 2.13. The first kappa shape index (κ1) is 18.7. The van der Waals surface area contributed by atoms with E-state index in [9.17, 15) is 14.4 Å². The van der Waals surface area contributed by atoms with Crippen LogP contribution in [-0.2, 0) is 9.59 Å². The molecule has 0 aromatic carbocycles. The SMILES string of the molecule is CC1CC(C)(C)CC2(C1)NC(=O)N(CC(=O)NC(C)(C)CN)C2=O. The van der Waals surface area contributed by atoms with Crippen molar-refractivity contribution < 1.29 is 14.4 Å². The summed E-state index contributed by atoms with van der Waals surface area (Å²) in [6, 6.07) is -0.481. The molecule has 1 saturated carbocycles. The lowest BCUT2D eigenvalue weighted by Crippen LogP contribution is -2.55. The first-order chi connectivity index (χ1) is 10.9. The van der Waals surface area contributed by atoms with E-state index in [0.29, 0.717) is 18.8 Å². The van der Waals surface area contributed by atoms with Crippen LogP contribution < -0.4 is 16.4 Å². The van der Waals surface area contributed by atoms with E-state index in [4.69, 9.17) is 5.73 Å². The van der Waals surface area contributed by atoms with Gasteiger partial charge in [-0.1, -0.05) is 20.8 Å². The first-order valence-electron chi connectivity index (χ1n) is 8.55. The second-order valence-electron chi connectivity index (χ2n) is 8.89. The van der Waals surface area contributed by atoms with Gasteiger partial charge >= 0.3 is 6.03 Å². The van der Waals surface area contributed by atoms with Gasteiger partial charge in [-0.05, 0) is 44.4 Å². The minimum atomic E-state index is -0.873. The number of nitrogens with two attached hydrogens (primary N) is 1. The van der Waals surface area contributed by atoms with E-state index in [0.717, 1.165) is 11.3 Å². The quantitative estimate of drug-likeness (QED) is 0.665. The van der Waals surface area contributed by atoms with Crippen molar-refractivity contribution >= 4 is 17.8 Å². The van der Waals surface area contributed by atoms with E-state index in [1.165, 1.54) is 0 Å². The largest absolute Gasteiger partial charge is 0.348 e. The third-order valence-electron chi connectivity index (χ3n) is 4.91. The van der Waals surface area contributed by atoms with Gasteiger partial charge in [0.15, 0.2) is 0 Å². The van der Waals surface area contributed by atoms with E-state index < -0.39 is 17.1 Å². The Bertz CT molecular complexity index is 558. The molecule has 2 unspecified atom stereocenters. The van der Waals surface area contributed by atoms with Crippen molar-refractivity contribution in [1.29, 1.82) is 0 Å². The molecule has 0 aromatic rings. The Kier molecular flexibility index (Phi) is 4.69. The van der Waals surface area contributed by atoms with Crippen molar-refractivity contribution in [3.05, 3.63) is 0 Å². The fourth-order valence-corrected chi connectivity index (χ4v) is 4.26. The number of nitrogens with one attached hydrogen (secondary N) is 2. The molecule has 1 saturated heterocycles. The van der Waals surface area contributed by atoms with Crippen LogP contribution in [-0.4, -0.2) is 46.9 Å². The molecule has 0 radical (unpaired) electrons. The molecule has 1 aliphatic heterocycles. The molecule has 7 nitrogen and oxygen atoms in total. The van der Waals surface area contributed by atoms with Crippen LogP contribution in [0.15, 0.2) is 0 Å². The predicted molar refractivity (Wildman–Crippen MR) is 91.0 cm³/mol. The number of rotatable bonds is 4. The lowest BCUT2D eigenvalue weighted by molar-refractivity contribution is -0.138. The van der Waals surface area contributed by atoms with E-state index in [2.05, 4.69) is 31.4 Å². The molecule has 1 spiro atoms. The topological polar surface area (TPSA) is 105 Å². The van der Waals surface area contributed by atoms with E-state index in [-0.39, 0.29) is 30.3 Å². The first-order valence-corrected chi connectivity index (χ1v) is 8.55. The number of urea groups is 1. The Hall–Kier alpha value is -1.63. The molecule has 2 atom stereocenters. The van der Waals surface area contributed by atoms with Crippen molar-refractivity contribution in [2.24, 2.45) is 17.1 Å². The monoisotopic (exact) mass is 338 g/mol. The van der Waals surface area contributed by atoms with Crippen LogP contribution in [0.2, 0.25) is 0 Å². The second kappa shape index (κ2) is 6.02. The zero-order valence-electron chi connectivity index (χ0n) is 15.4. The lowest BCUT2D eigenvalue weighted by Gasteiger charge is -2.43. The molecule has 0 bridgehead atoms. The number of imide groups is 1. The molecule has 24 heavy (non-hydrogen) atoms. The summed E-state index contributed by atoms with van der Waals surface area (Å²) in [4.78, 5) is 38.5. The lowest BCUT2D eigenvalue weighted by atomic mass is 9.64. The summed E-state index contributed by atoms with van der Waals surface area (Å²) in [5, 5.41) is 5.62. The fraction of sp³-hybridized carbons (Fsp3) is 0.824. The third kappa shape index (κ3) is 3.71. The number of nitrogens with zero attached hydrogens (tertiary/aromatic N) is 1. The van der Waals surface area contributed by atoms with Crippen LogP contribution in [0.5, 0.6) is 0 Å². The summed E-state index contributed by atoms with van der Waals surface area (Å²) in [5.41, 5.74) is 4.13. The highest BCUT2D eigenvalue weighted by Crippen LogP contribution is 2.46. The van der Waals surface area contributed by atoms with Gasteiger partial charge in [-0.15, -0.1) is 0 Å². The number of amides is 4. The third-order valence-corrected chi connectivity index (χ3v) is 4.91. The average molecular weight is 338 g/mol. The van der Waals surface area contributed by atoms with Crippen LogP contribution in [0.1, 0.15) is 53.9 Å². The second-order valence-corrected chi connectivity index (χ2v) is 8.89. The Morgan fingerprint density at radius 3 is 2.54 bits per heavy atom. The van der Waals surface area contributed by atoms with Gasteiger partial charge in [0, 0.05) is 12.1 Å². The molecule has 7 heteroatoms. The molecular formula is C17H30N4O3. The molecule has 2 fully saturated rings. The standard InChI is InChI=1S/C17H30N4O3/c1-11-6-15(2,3)9-17(7-11)13(23)21(14(24)20-17)8-12(22)19-16(4,5)10-18/h11H,6-10,18H2,1-5H3,(H,19,22)(H,20,24). The summed E-state index contributed by atoms with van der Waals surface area (Å²) in [6.45, 7) is 9.92. The molecule has 2 rings (SSSR count). The molecule has 0 aromatic heterocycles. The molecule has 1 heterocycles. The van der Waals surface area contributed by atoms with Crippen molar-refractivity contribution in [3.8, 4) is 0 Å². The van der Waals surface area contributed by atoms with Crippen LogP contribution in [0.25, 0.3) is 0 Å². The normalized spacial score (nSPS) is 29.8. The maximum absolute atomic E-state index is 12.9. The maximum atomic E-state index is 12.9. The van der Waals surface area contributed by atoms with E-state index >= 15 is 0 Å². The van der Waals surface area contributed by atoms with Gasteiger partial charge in [0.1, 0.15) is 12.1 Å². The summed E-state index contributed by atoms with van der Waals surface area (Å²) >= 11 is 0. The van der Waals surface area contributed by atoms with Gasteiger partial charge < -0.3 is 16.4 Å². The predicted octanol–water partition coefficient (Wildman–Crippen LogP) is 0.977. The van der Waals surface area contributed by atoms with Crippen LogP contribution in [0.4, 0.5) is 4.79 Å². The molecular weight excluding hydrogens is 308 g/mol. The van der Waals surface area contributed by atoms with Crippen LogP contribution in [0, 0.1) is 11.3 Å². The Morgan fingerprint density at radius 1 is 1.38 bits per heavy atom. The maximum Gasteiger partial charge on any atom is 0.325 e. The zero-order valence-corrected chi connectivity index (χ0v) is 15.4. The number of carbonyl (C=O) groups excluding carboxylic acids is 3. The smallest absolute Gasteiger partial charge is 0.325 e. The molecule has 4 amide bonds. The van der Waals surface area contributed by atoms with Crippen LogP contribution >= 0.6 is 0 Å². The van der Waals surface area contributed by atoms with Gasteiger partial charge in [0.2, 0.25) is 5.91 Å².